The van der Waals surface area contributed by atoms with Gasteiger partial charge in [0.15, 0.2) is 0 Å². The third kappa shape index (κ3) is 4.32. The quantitative estimate of drug-likeness (QED) is 0.196. The van der Waals surface area contributed by atoms with Gasteiger partial charge in [0.25, 0.3) is 0 Å². The van der Waals surface area contributed by atoms with Crippen LogP contribution in [0.2, 0.25) is 0 Å². The fourth-order valence-electron chi connectivity index (χ4n) is 6.64. The monoisotopic (exact) mass is 538 g/mol. The molecule has 0 saturated heterocycles. The van der Waals surface area contributed by atoms with Crippen molar-refractivity contribution in [2.24, 2.45) is 0 Å². The van der Waals surface area contributed by atoms with Gasteiger partial charge in [0, 0.05) is 0 Å². The summed E-state index contributed by atoms with van der Waals surface area (Å²) in [6.45, 7) is 8.87. The molecule has 0 aliphatic rings. The van der Waals surface area contributed by atoms with Crippen molar-refractivity contribution >= 4 is 21.5 Å². The second-order valence-corrected chi connectivity index (χ2v) is 11.5. The highest BCUT2D eigenvalue weighted by Gasteiger charge is 2.20. The minimum absolute atomic E-state index is 1.25. The largest absolute Gasteiger partial charge is 0.0620 e. The van der Waals surface area contributed by atoms with Crippen molar-refractivity contribution in [3.63, 3.8) is 0 Å². The third-order valence-electron chi connectivity index (χ3n) is 8.86. The van der Waals surface area contributed by atoms with E-state index in [2.05, 4.69) is 161 Å². The Kier molecular flexibility index (Phi) is 6.48. The van der Waals surface area contributed by atoms with Crippen LogP contribution < -0.4 is 0 Å². The Morgan fingerprint density at radius 3 is 0.929 bits per heavy atom. The van der Waals surface area contributed by atoms with Gasteiger partial charge in [-0.05, 0) is 128 Å². The molecule has 7 aromatic rings. The molecule has 0 aliphatic carbocycles. The predicted octanol–water partition coefficient (Wildman–Crippen LogP) is 11.9. The van der Waals surface area contributed by atoms with Gasteiger partial charge in [-0.25, -0.2) is 0 Å². The summed E-state index contributed by atoms with van der Waals surface area (Å²) in [4.78, 5) is 0. The lowest BCUT2D eigenvalue weighted by molar-refractivity contribution is 1.45. The van der Waals surface area contributed by atoms with Gasteiger partial charge in [-0.3, -0.25) is 0 Å². The summed E-state index contributed by atoms with van der Waals surface area (Å²) in [5.41, 5.74) is 15.4. The van der Waals surface area contributed by atoms with Crippen molar-refractivity contribution in [2.75, 3.05) is 0 Å². The van der Waals surface area contributed by atoms with Crippen LogP contribution in [-0.2, 0) is 0 Å². The standard InChI is InChI=1S/C42H34/c1-27-13-5-9-17-33(27)31-21-23-37-39(25-31)41(35-19-11-7-15-29(35)3)38-24-22-32(34-18-10-6-14-28(34)2)26-40(38)42(37)36-20-12-8-16-30(36)4/h5-26H,1-4H3. The normalized spacial score (nSPS) is 11.3. The van der Waals surface area contributed by atoms with E-state index in [0.29, 0.717) is 0 Å². The molecule has 0 aromatic heterocycles. The van der Waals surface area contributed by atoms with Crippen molar-refractivity contribution < 1.29 is 0 Å². The Labute approximate surface area is 248 Å². The predicted molar refractivity (Wildman–Crippen MR) is 182 cm³/mol. The second kappa shape index (κ2) is 10.5. The van der Waals surface area contributed by atoms with Crippen molar-refractivity contribution in [1.29, 1.82) is 0 Å². The first-order valence-electron chi connectivity index (χ1n) is 14.8. The molecule has 0 heterocycles. The second-order valence-electron chi connectivity index (χ2n) is 11.5. The van der Waals surface area contributed by atoms with E-state index >= 15 is 0 Å². The molecule has 0 fully saturated rings. The van der Waals surface area contributed by atoms with Crippen LogP contribution in [0.3, 0.4) is 0 Å². The molecule has 7 rings (SSSR count). The van der Waals surface area contributed by atoms with Crippen LogP contribution in [-0.4, -0.2) is 0 Å². The van der Waals surface area contributed by atoms with E-state index in [4.69, 9.17) is 0 Å². The van der Waals surface area contributed by atoms with Gasteiger partial charge in [0.1, 0.15) is 0 Å². The molecular formula is C42H34. The molecule has 0 saturated carbocycles. The summed E-state index contributed by atoms with van der Waals surface area (Å²) < 4.78 is 0. The van der Waals surface area contributed by atoms with Crippen LogP contribution in [0.15, 0.2) is 133 Å². The Hall–Kier alpha value is -4.94. The van der Waals surface area contributed by atoms with Crippen molar-refractivity contribution in [3.05, 3.63) is 156 Å². The van der Waals surface area contributed by atoms with E-state index in [1.54, 1.807) is 0 Å². The lowest BCUT2D eigenvalue weighted by Gasteiger charge is -2.21. The average molecular weight is 539 g/mol. The first-order valence-corrected chi connectivity index (χ1v) is 14.8. The SMILES string of the molecule is Cc1ccccc1-c1ccc2c(-c3ccccc3C)c3cc(-c4ccccc4C)ccc3c(-c3ccccc3C)c2c1. The first kappa shape index (κ1) is 26.0. The van der Waals surface area contributed by atoms with Crippen molar-refractivity contribution in [3.8, 4) is 44.5 Å². The molecule has 0 aliphatic heterocycles. The van der Waals surface area contributed by atoms with Crippen molar-refractivity contribution in [1.82, 2.24) is 0 Å². The number of fused-ring (bicyclic) bond motifs is 2. The fourth-order valence-corrected chi connectivity index (χ4v) is 6.64. The Balaban J connectivity index is 1.68. The van der Waals surface area contributed by atoms with Gasteiger partial charge < -0.3 is 0 Å². The molecule has 0 atom stereocenters. The van der Waals surface area contributed by atoms with Crippen molar-refractivity contribution in [2.45, 2.75) is 27.7 Å². The summed E-state index contributed by atoms with van der Waals surface area (Å²) in [6, 6.07) is 49.2. The number of aryl methyl sites for hydroxylation is 4. The lowest BCUT2D eigenvalue weighted by Crippen LogP contribution is -1.95. The van der Waals surface area contributed by atoms with E-state index in [0.717, 1.165) is 0 Å². The van der Waals surface area contributed by atoms with Gasteiger partial charge in [0.2, 0.25) is 0 Å². The van der Waals surface area contributed by atoms with E-state index in [1.807, 2.05) is 0 Å². The van der Waals surface area contributed by atoms with Gasteiger partial charge in [-0.1, -0.05) is 121 Å². The van der Waals surface area contributed by atoms with E-state index in [9.17, 15) is 0 Å². The molecule has 42 heavy (non-hydrogen) atoms. The van der Waals surface area contributed by atoms with Gasteiger partial charge in [-0.15, -0.1) is 0 Å². The summed E-state index contributed by atoms with van der Waals surface area (Å²) in [7, 11) is 0. The summed E-state index contributed by atoms with van der Waals surface area (Å²) in [6.07, 6.45) is 0. The molecule has 0 heteroatoms. The molecule has 0 spiro atoms. The van der Waals surface area contributed by atoms with Gasteiger partial charge in [0.05, 0.1) is 0 Å². The third-order valence-corrected chi connectivity index (χ3v) is 8.86. The minimum Gasteiger partial charge on any atom is -0.0620 e. The number of hydrogen-bond acceptors (Lipinski definition) is 0. The first-order chi connectivity index (χ1) is 20.5. The zero-order chi connectivity index (χ0) is 28.8. The van der Waals surface area contributed by atoms with Gasteiger partial charge in [-0.2, -0.15) is 0 Å². The number of benzene rings is 7. The zero-order valence-electron chi connectivity index (χ0n) is 24.7. The minimum atomic E-state index is 1.25. The number of rotatable bonds is 4. The molecular weight excluding hydrogens is 504 g/mol. The van der Waals surface area contributed by atoms with Crippen LogP contribution in [0.4, 0.5) is 0 Å². The maximum absolute atomic E-state index is 2.43. The highest BCUT2D eigenvalue weighted by molar-refractivity contribution is 6.23. The van der Waals surface area contributed by atoms with E-state index < -0.39 is 0 Å². The van der Waals surface area contributed by atoms with Gasteiger partial charge >= 0.3 is 0 Å². The Morgan fingerprint density at radius 2 is 0.595 bits per heavy atom. The highest BCUT2D eigenvalue weighted by atomic mass is 14.2. The summed E-state index contributed by atoms with van der Waals surface area (Å²) in [5.74, 6) is 0. The van der Waals surface area contributed by atoms with Crippen LogP contribution in [0, 0.1) is 27.7 Å². The Bertz CT molecular complexity index is 1970. The van der Waals surface area contributed by atoms with Crippen LogP contribution >= 0.6 is 0 Å². The maximum atomic E-state index is 2.43. The Morgan fingerprint density at radius 1 is 0.286 bits per heavy atom. The topological polar surface area (TPSA) is 0 Å². The molecule has 0 unspecified atom stereocenters. The maximum Gasteiger partial charge on any atom is -0.00235 e. The molecule has 0 amide bonds. The molecule has 0 bridgehead atoms. The van der Waals surface area contributed by atoms with E-state index in [-0.39, 0.29) is 0 Å². The molecule has 7 aromatic carbocycles. The van der Waals surface area contributed by atoms with E-state index in [1.165, 1.54) is 88.3 Å². The fraction of sp³-hybridized carbons (Fsp3) is 0.0952. The van der Waals surface area contributed by atoms with Crippen LogP contribution in [0.25, 0.3) is 66.1 Å². The molecule has 0 nitrogen and oxygen atoms in total. The smallest absolute Gasteiger partial charge is 0.00235 e. The highest BCUT2D eigenvalue weighted by Crippen LogP contribution is 2.47. The summed E-state index contributed by atoms with van der Waals surface area (Å²) >= 11 is 0. The molecule has 202 valence electrons. The molecule has 0 radical (unpaired) electrons. The lowest BCUT2D eigenvalue weighted by atomic mass is 9.82. The zero-order valence-corrected chi connectivity index (χ0v) is 24.7. The van der Waals surface area contributed by atoms with Crippen LogP contribution in [0.5, 0.6) is 0 Å². The van der Waals surface area contributed by atoms with Crippen LogP contribution in [0.1, 0.15) is 22.3 Å². The average Bonchev–Trinajstić information content (AvgIpc) is 3.01. The molecule has 0 N–H and O–H groups in total. The summed E-state index contributed by atoms with van der Waals surface area (Å²) in [5, 5.41) is 5.16. The number of hydrogen-bond donors (Lipinski definition) is 0.